The zero-order chi connectivity index (χ0) is 13.8. The fraction of sp³-hybridized carbons (Fsp3) is 0.273. The van der Waals surface area contributed by atoms with Gasteiger partial charge in [0.15, 0.2) is 5.25 Å². The third-order valence-electron chi connectivity index (χ3n) is 2.26. The van der Waals surface area contributed by atoms with Gasteiger partial charge in [-0.3, -0.25) is 9.10 Å². The Morgan fingerprint density at radius 3 is 2.44 bits per heavy atom. The molecule has 1 aromatic carbocycles. The number of sulfonamides is 1. The maximum atomic E-state index is 12.0. The molecule has 18 heavy (non-hydrogen) atoms. The summed E-state index contributed by atoms with van der Waals surface area (Å²) in [5.74, 6) is -1.28. The molecular formula is C11H12N2O4S. The predicted molar refractivity (Wildman–Crippen MR) is 65.4 cm³/mol. The van der Waals surface area contributed by atoms with Crippen LogP contribution < -0.4 is 4.31 Å². The Bertz CT molecular complexity index is 562. The van der Waals surface area contributed by atoms with E-state index in [1.165, 1.54) is 19.1 Å². The van der Waals surface area contributed by atoms with Crippen molar-refractivity contribution in [2.45, 2.75) is 12.2 Å². The molecule has 0 aliphatic heterocycles. The van der Waals surface area contributed by atoms with Crippen molar-refractivity contribution in [2.75, 3.05) is 10.8 Å². The van der Waals surface area contributed by atoms with Crippen molar-refractivity contribution >= 4 is 21.7 Å². The van der Waals surface area contributed by atoms with Crippen molar-refractivity contribution in [1.29, 1.82) is 5.26 Å². The molecule has 1 aromatic rings. The minimum Gasteiger partial charge on any atom is -0.480 e. The lowest BCUT2D eigenvalue weighted by molar-refractivity contribution is -0.135. The van der Waals surface area contributed by atoms with Gasteiger partial charge in [0.1, 0.15) is 6.54 Å². The molecule has 0 aliphatic rings. The van der Waals surface area contributed by atoms with E-state index in [9.17, 15) is 13.2 Å². The van der Waals surface area contributed by atoms with Gasteiger partial charge in [0.05, 0.1) is 11.8 Å². The summed E-state index contributed by atoms with van der Waals surface area (Å²) >= 11 is 0. The van der Waals surface area contributed by atoms with Crippen LogP contribution in [-0.4, -0.2) is 31.3 Å². The molecule has 1 unspecified atom stereocenters. The molecule has 0 heterocycles. The molecule has 96 valence electrons. The first-order valence-corrected chi connectivity index (χ1v) is 6.58. The van der Waals surface area contributed by atoms with Crippen molar-refractivity contribution in [3.05, 3.63) is 30.3 Å². The predicted octanol–water partition coefficient (Wildman–Crippen LogP) is 0.819. The zero-order valence-corrected chi connectivity index (χ0v) is 10.5. The van der Waals surface area contributed by atoms with Crippen molar-refractivity contribution in [2.24, 2.45) is 0 Å². The molecule has 0 saturated carbocycles. The van der Waals surface area contributed by atoms with E-state index >= 15 is 0 Å². The largest absolute Gasteiger partial charge is 0.480 e. The van der Waals surface area contributed by atoms with Gasteiger partial charge in [0.25, 0.3) is 10.0 Å². The Labute approximate surface area is 105 Å². The number of hydrogen-bond acceptors (Lipinski definition) is 4. The van der Waals surface area contributed by atoms with Gasteiger partial charge in [0, 0.05) is 0 Å². The maximum absolute atomic E-state index is 12.0. The number of aliphatic carboxylic acids is 1. The van der Waals surface area contributed by atoms with Crippen LogP contribution in [0.15, 0.2) is 30.3 Å². The number of nitrogens with zero attached hydrogens (tertiary/aromatic N) is 2. The topological polar surface area (TPSA) is 98.5 Å². The Morgan fingerprint density at radius 1 is 1.44 bits per heavy atom. The minimum absolute atomic E-state index is 0.224. The number of nitriles is 1. The highest BCUT2D eigenvalue weighted by Gasteiger charge is 2.30. The second kappa shape index (κ2) is 5.51. The molecule has 0 aliphatic carbocycles. The van der Waals surface area contributed by atoms with Gasteiger partial charge < -0.3 is 5.11 Å². The van der Waals surface area contributed by atoms with Crippen LogP contribution in [0.25, 0.3) is 0 Å². The number of benzene rings is 1. The summed E-state index contributed by atoms with van der Waals surface area (Å²) in [6.07, 6.45) is 0. The summed E-state index contributed by atoms with van der Waals surface area (Å²) in [5, 5.41) is 16.2. The van der Waals surface area contributed by atoms with Gasteiger partial charge in [-0.2, -0.15) is 5.26 Å². The van der Waals surface area contributed by atoms with Gasteiger partial charge in [-0.15, -0.1) is 0 Å². The highest BCUT2D eigenvalue weighted by molar-refractivity contribution is 7.93. The van der Waals surface area contributed by atoms with E-state index in [1.54, 1.807) is 24.3 Å². The number of hydrogen-bond donors (Lipinski definition) is 1. The number of carbonyl (C=O) groups is 1. The molecule has 0 radical (unpaired) electrons. The van der Waals surface area contributed by atoms with E-state index in [0.29, 0.717) is 0 Å². The van der Waals surface area contributed by atoms with Crippen LogP contribution in [0.2, 0.25) is 0 Å². The fourth-order valence-electron chi connectivity index (χ4n) is 1.30. The standard InChI is InChI=1S/C11H12N2O4S/c1-9(7-12)18(16,17)13(8-11(14)15)10-5-3-2-4-6-10/h2-6,9H,8H2,1H3,(H,14,15). The van der Waals surface area contributed by atoms with Crippen molar-refractivity contribution in [1.82, 2.24) is 0 Å². The highest BCUT2D eigenvalue weighted by atomic mass is 32.2. The van der Waals surface area contributed by atoms with E-state index in [4.69, 9.17) is 10.4 Å². The van der Waals surface area contributed by atoms with Crippen molar-refractivity contribution in [3.63, 3.8) is 0 Å². The Balaban J connectivity index is 3.24. The number of rotatable bonds is 5. The minimum atomic E-state index is -4.01. The number of para-hydroxylation sites is 1. The van der Waals surface area contributed by atoms with Gasteiger partial charge in [0.2, 0.25) is 0 Å². The van der Waals surface area contributed by atoms with Crippen molar-refractivity contribution in [3.8, 4) is 6.07 Å². The van der Waals surface area contributed by atoms with Gasteiger partial charge in [-0.05, 0) is 19.1 Å². The lowest BCUT2D eigenvalue weighted by atomic mass is 10.3. The molecule has 1 N–H and O–H groups in total. The fourth-order valence-corrected chi connectivity index (χ4v) is 2.52. The first-order valence-electron chi connectivity index (χ1n) is 5.07. The lowest BCUT2D eigenvalue weighted by Gasteiger charge is -2.23. The molecule has 7 heteroatoms. The Hall–Kier alpha value is -2.07. The van der Waals surface area contributed by atoms with Crippen molar-refractivity contribution < 1.29 is 18.3 Å². The monoisotopic (exact) mass is 268 g/mol. The molecule has 1 rings (SSSR count). The number of carboxylic acid groups (broad SMARTS) is 1. The molecule has 0 fully saturated rings. The molecule has 0 saturated heterocycles. The molecule has 0 aromatic heterocycles. The first kappa shape index (κ1) is 14.0. The Kier molecular flexibility index (Phi) is 4.28. The summed E-state index contributed by atoms with van der Waals surface area (Å²) in [4.78, 5) is 10.8. The van der Waals surface area contributed by atoms with Gasteiger partial charge in [-0.1, -0.05) is 18.2 Å². The summed E-state index contributed by atoms with van der Waals surface area (Å²) in [6, 6.07) is 9.43. The van der Waals surface area contributed by atoms with Crippen LogP contribution in [0.4, 0.5) is 5.69 Å². The normalized spacial score (nSPS) is 12.4. The van der Waals surface area contributed by atoms with Gasteiger partial charge in [-0.25, -0.2) is 8.42 Å². The molecule has 0 amide bonds. The quantitative estimate of drug-likeness (QED) is 0.852. The summed E-state index contributed by atoms with van der Waals surface area (Å²) in [5.41, 5.74) is 0.224. The summed E-state index contributed by atoms with van der Waals surface area (Å²) < 4.78 is 24.8. The zero-order valence-electron chi connectivity index (χ0n) is 9.65. The van der Waals surface area contributed by atoms with E-state index < -0.39 is 27.8 Å². The molecular weight excluding hydrogens is 256 g/mol. The highest BCUT2D eigenvalue weighted by Crippen LogP contribution is 2.19. The summed E-state index contributed by atoms with van der Waals surface area (Å²) in [7, 11) is -4.01. The number of carboxylic acids is 1. The molecule has 0 spiro atoms. The van der Waals surface area contributed by atoms with Crippen LogP contribution in [0.3, 0.4) is 0 Å². The Morgan fingerprint density at radius 2 is 2.00 bits per heavy atom. The lowest BCUT2D eigenvalue weighted by Crippen LogP contribution is -2.40. The third kappa shape index (κ3) is 2.99. The van der Waals surface area contributed by atoms with Crippen LogP contribution in [0.5, 0.6) is 0 Å². The van der Waals surface area contributed by atoms with E-state index in [2.05, 4.69) is 0 Å². The van der Waals surface area contributed by atoms with E-state index in [1.807, 2.05) is 0 Å². The second-order valence-electron chi connectivity index (χ2n) is 3.55. The molecule has 6 nitrogen and oxygen atoms in total. The first-order chi connectivity index (χ1) is 8.39. The average molecular weight is 268 g/mol. The second-order valence-corrected chi connectivity index (χ2v) is 5.73. The summed E-state index contributed by atoms with van der Waals surface area (Å²) in [6.45, 7) is 0.505. The van der Waals surface area contributed by atoms with E-state index in [-0.39, 0.29) is 5.69 Å². The van der Waals surface area contributed by atoms with E-state index in [0.717, 1.165) is 4.31 Å². The third-order valence-corrected chi connectivity index (χ3v) is 4.21. The molecule has 0 bridgehead atoms. The van der Waals surface area contributed by atoms with Crippen LogP contribution in [0, 0.1) is 11.3 Å². The number of anilines is 1. The van der Waals surface area contributed by atoms with Gasteiger partial charge >= 0.3 is 5.97 Å². The smallest absolute Gasteiger partial charge is 0.324 e. The van der Waals surface area contributed by atoms with Crippen LogP contribution in [-0.2, 0) is 14.8 Å². The maximum Gasteiger partial charge on any atom is 0.324 e. The molecule has 1 atom stereocenters. The van der Waals surface area contributed by atoms with Crippen LogP contribution in [0.1, 0.15) is 6.92 Å². The SMILES string of the molecule is CC(C#N)S(=O)(=O)N(CC(=O)O)c1ccccc1. The average Bonchev–Trinajstić information content (AvgIpc) is 2.35. The van der Waals surface area contributed by atoms with Crippen LogP contribution >= 0.6 is 0 Å².